The lowest BCUT2D eigenvalue weighted by Crippen LogP contribution is -2.71. The van der Waals surface area contributed by atoms with Gasteiger partial charge in [0.15, 0.2) is 0 Å². The largest absolute Gasteiger partial charge is 0.404 e. The smallest absolute Gasteiger partial charge is 0.192 e. The minimum Gasteiger partial charge on any atom is -0.192 e. The van der Waals surface area contributed by atoms with E-state index in [-0.39, 0.29) is 0 Å². The Hall–Kier alpha value is -5.76. The van der Waals surface area contributed by atoms with Gasteiger partial charge in [-0.2, -0.15) is 9.13 Å². The summed E-state index contributed by atoms with van der Waals surface area (Å²) in [7, 11) is 0. The lowest BCUT2D eigenvalue weighted by molar-refractivity contribution is -0.790. The third-order valence-electron chi connectivity index (χ3n) is 12.0. The second-order valence-electron chi connectivity index (χ2n) is 14.8. The molecule has 8 heteroatoms. The Balaban J connectivity index is 1.47. The Bertz CT molecular complexity index is 2860. The summed E-state index contributed by atoms with van der Waals surface area (Å²) in [6.07, 6.45) is 0. The van der Waals surface area contributed by atoms with Gasteiger partial charge in [-0.15, -0.1) is 9.15 Å². The fourth-order valence-corrected chi connectivity index (χ4v) is 9.83. The number of amidine groups is 4. The van der Waals surface area contributed by atoms with Crippen LogP contribution >= 0.6 is 0 Å². The van der Waals surface area contributed by atoms with Crippen LogP contribution < -0.4 is 11.0 Å². The molecule has 49 heavy (non-hydrogen) atoms. The molecule has 234 valence electrons. The van der Waals surface area contributed by atoms with Crippen LogP contribution in [0.3, 0.4) is 0 Å². The molecule has 0 N–H and O–H groups in total. The van der Waals surface area contributed by atoms with E-state index in [0.717, 1.165) is 89.8 Å². The van der Waals surface area contributed by atoms with E-state index in [1.54, 1.807) is 0 Å². The lowest BCUT2D eigenvalue weighted by atomic mass is 9.97. The van der Waals surface area contributed by atoms with Crippen LogP contribution in [0.4, 0.5) is 11.6 Å². The molecule has 0 atom stereocenters. The van der Waals surface area contributed by atoms with E-state index in [1.165, 1.54) is 44.5 Å². The molecule has 12 rings (SSSR count). The third-order valence-corrected chi connectivity index (χ3v) is 12.0. The Morgan fingerprint density at radius 3 is 1.16 bits per heavy atom. The van der Waals surface area contributed by atoms with Crippen LogP contribution in [0.15, 0.2) is 68.5 Å². The van der Waals surface area contributed by atoms with Gasteiger partial charge in [-0.1, -0.05) is 68.5 Å². The van der Waals surface area contributed by atoms with E-state index in [0.29, 0.717) is 0 Å². The number of nitrogens with zero attached hydrogens (tertiary/aromatic N) is 8. The first-order valence-corrected chi connectivity index (χ1v) is 17.1. The van der Waals surface area contributed by atoms with Crippen molar-refractivity contribution in [1.82, 2.24) is 9.13 Å². The van der Waals surface area contributed by atoms with Crippen LogP contribution in [-0.4, -0.2) is 41.6 Å². The van der Waals surface area contributed by atoms with E-state index in [4.69, 9.17) is 20.0 Å². The first-order chi connectivity index (χ1) is 23.6. The molecule has 0 unspecified atom stereocenters. The van der Waals surface area contributed by atoms with Crippen LogP contribution in [0.2, 0.25) is 0 Å². The first-order valence-electron chi connectivity index (χ1n) is 17.1. The summed E-state index contributed by atoms with van der Waals surface area (Å²) in [5.74, 6) is 4.62. The summed E-state index contributed by atoms with van der Waals surface area (Å²) in [5.41, 5.74) is 16.0. The van der Waals surface area contributed by atoms with Crippen molar-refractivity contribution in [2.75, 3.05) is 0 Å². The van der Waals surface area contributed by atoms with E-state index < -0.39 is 5.91 Å². The van der Waals surface area contributed by atoms with Crippen LogP contribution in [0.5, 0.6) is 0 Å². The van der Waals surface area contributed by atoms with Crippen LogP contribution in [0.25, 0.3) is 21.5 Å². The molecule has 0 fully saturated rings. The van der Waals surface area contributed by atoms with Gasteiger partial charge in [-0.3, -0.25) is 0 Å². The van der Waals surface area contributed by atoms with Gasteiger partial charge in [-0.05, 0) is 99.9 Å². The molecule has 0 bridgehead atoms. The third kappa shape index (κ3) is 2.47. The van der Waals surface area contributed by atoms with Crippen molar-refractivity contribution in [2.24, 2.45) is 20.0 Å². The summed E-state index contributed by atoms with van der Waals surface area (Å²) in [6, 6.07) is 17.8. The highest BCUT2D eigenvalue weighted by Gasteiger charge is 2.70. The molecule has 0 saturated heterocycles. The fourth-order valence-electron chi connectivity index (χ4n) is 9.83. The summed E-state index contributed by atoms with van der Waals surface area (Å²) < 4.78 is 9.71. The summed E-state index contributed by atoms with van der Waals surface area (Å²) in [4.78, 5) is 22.8. The van der Waals surface area contributed by atoms with Gasteiger partial charge >= 0.3 is 5.91 Å². The number of aromatic nitrogens is 2. The Kier molecular flexibility index (Phi) is 4.15. The quantitative estimate of drug-likeness (QED) is 0.179. The average molecular weight is 637 g/mol. The average Bonchev–Trinajstić information content (AvgIpc) is 3.81. The summed E-state index contributed by atoms with van der Waals surface area (Å²) >= 11 is 0. The van der Waals surface area contributed by atoms with Crippen molar-refractivity contribution in [2.45, 2.75) is 61.3 Å². The van der Waals surface area contributed by atoms with E-state index in [1.807, 2.05) is 0 Å². The molecular formula is C41H32N8+2. The first kappa shape index (κ1) is 26.2. The van der Waals surface area contributed by atoms with E-state index in [9.17, 15) is 0 Å². The molecular weight excluding hydrogens is 605 g/mol. The number of aliphatic imine (C=N–C) groups is 2. The molecule has 6 aliphatic rings. The number of aryl methyl sites for hydroxylation is 8. The van der Waals surface area contributed by atoms with E-state index in [2.05, 4.69) is 122 Å². The van der Waals surface area contributed by atoms with Crippen molar-refractivity contribution in [3.63, 3.8) is 0 Å². The highest BCUT2D eigenvalue weighted by atomic mass is 15.7. The Morgan fingerprint density at radius 1 is 0.408 bits per heavy atom. The highest BCUT2D eigenvalue weighted by Crippen LogP contribution is 2.54. The molecule has 8 heterocycles. The van der Waals surface area contributed by atoms with Gasteiger partial charge in [0.05, 0.1) is 43.8 Å². The zero-order valence-corrected chi connectivity index (χ0v) is 28.7. The molecule has 1 spiro atoms. The second kappa shape index (κ2) is 7.76. The predicted molar refractivity (Wildman–Crippen MR) is 191 cm³/mol. The SMILES string of the molecule is Cc1ccc(C)c2c1C1=Nc3c4c(C)ccc(C)c4c4n3C35n6c(c7c(C)ccc(C)c7c6=NC6=[N+]3C(=N4)c3c(C)ccc(C)c36)=NC2=[N+]15. The van der Waals surface area contributed by atoms with Crippen molar-refractivity contribution < 1.29 is 9.15 Å². The summed E-state index contributed by atoms with van der Waals surface area (Å²) in [6.45, 7) is 17.7. The molecule has 6 aromatic rings. The molecule has 0 saturated carbocycles. The fraction of sp³-hybridized carbons (Fsp3) is 0.220. The van der Waals surface area contributed by atoms with Gasteiger partial charge in [0.1, 0.15) is 0 Å². The minimum absolute atomic E-state index is 0.934. The molecule has 0 amide bonds. The van der Waals surface area contributed by atoms with Gasteiger partial charge in [0, 0.05) is 0 Å². The number of hydrogen-bond acceptors (Lipinski definition) is 4. The Labute approximate surface area is 281 Å². The van der Waals surface area contributed by atoms with Crippen LogP contribution in [-0.2, 0) is 5.91 Å². The molecule has 4 aromatic carbocycles. The maximum Gasteiger partial charge on any atom is 0.404 e. The highest BCUT2D eigenvalue weighted by molar-refractivity contribution is 6.22. The van der Waals surface area contributed by atoms with Crippen LogP contribution in [0.1, 0.15) is 66.8 Å². The van der Waals surface area contributed by atoms with Gasteiger partial charge in [-0.25, -0.2) is 0 Å². The standard InChI is InChI=1S/C41H32N8/c1-17-9-10-18(2)26-25(17)33-42-35-27-19(3)11-12-20(4)28(27)37-44-39-31-23(7)15-16-24(8)32(31)40-45-38-30-22(6)14-13-21(5)29(30)36-43-34(26)46(33)41(47(35)37,48(36)38)49(39)40/h9-16H,1-8H3/q+2. The topological polar surface area (TPSA) is 65.3 Å². The monoisotopic (exact) mass is 636 g/mol. The zero-order chi connectivity index (χ0) is 33.2. The van der Waals surface area contributed by atoms with Gasteiger partial charge < -0.3 is 0 Å². The molecule has 8 nitrogen and oxygen atoms in total. The number of hydrogen-bond donors (Lipinski definition) is 0. The van der Waals surface area contributed by atoms with Crippen molar-refractivity contribution in [3.05, 3.63) is 126 Å². The number of benzene rings is 4. The van der Waals surface area contributed by atoms with Gasteiger partial charge in [0.2, 0.25) is 22.6 Å². The van der Waals surface area contributed by atoms with Crippen molar-refractivity contribution in [3.8, 4) is 0 Å². The summed E-state index contributed by atoms with van der Waals surface area (Å²) in [5, 5.41) is 4.62. The zero-order valence-electron chi connectivity index (χ0n) is 28.7. The Morgan fingerprint density at radius 2 is 0.755 bits per heavy atom. The lowest BCUT2D eigenvalue weighted by Gasteiger charge is -2.40. The van der Waals surface area contributed by atoms with E-state index >= 15 is 0 Å². The predicted octanol–water partition coefficient (Wildman–Crippen LogP) is 6.18. The maximum atomic E-state index is 5.69. The minimum atomic E-state index is -0.983. The van der Waals surface area contributed by atoms with Crippen LogP contribution in [0, 0.1) is 55.4 Å². The molecule has 2 aromatic heterocycles. The maximum absolute atomic E-state index is 5.69. The van der Waals surface area contributed by atoms with Crippen molar-refractivity contribution >= 4 is 56.5 Å². The van der Waals surface area contributed by atoms with Gasteiger partial charge in [0.25, 0.3) is 23.3 Å². The number of fused-ring (bicyclic) bond motifs is 12. The van der Waals surface area contributed by atoms with Crippen molar-refractivity contribution in [1.29, 1.82) is 0 Å². The normalized spacial score (nSPS) is 17.6. The second-order valence-corrected chi connectivity index (χ2v) is 14.8. The molecule has 6 aliphatic heterocycles. The molecule has 0 radical (unpaired) electrons. The molecule has 0 aliphatic carbocycles. The number of rotatable bonds is 0.